The van der Waals surface area contributed by atoms with Gasteiger partial charge < -0.3 is 11.1 Å². The number of rotatable bonds is 3. The van der Waals surface area contributed by atoms with E-state index in [2.05, 4.69) is 10.3 Å². The molecule has 0 aliphatic heterocycles. The van der Waals surface area contributed by atoms with Gasteiger partial charge in [0.2, 0.25) is 6.41 Å². The molecule has 0 aliphatic carbocycles. The zero-order chi connectivity index (χ0) is 7.98. The fourth-order valence-corrected chi connectivity index (χ4v) is 0.449. The molecule has 0 aliphatic rings. The van der Waals surface area contributed by atoms with E-state index in [-0.39, 0.29) is 5.84 Å². The third kappa shape index (κ3) is 2.86. The molecule has 4 heteroatoms. The summed E-state index contributed by atoms with van der Waals surface area (Å²) in [7, 11) is 1.75. The van der Waals surface area contributed by atoms with E-state index >= 15 is 0 Å². The van der Waals surface area contributed by atoms with Crippen LogP contribution in [-0.4, -0.2) is 19.3 Å². The van der Waals surface area contributed by atoms with Gasteiger partial charge in [-0.05, 0) is 6.92 Å². The number of carbonyl (C=O) groups is 1. The van der Waals surface area contributed by atoms with E-state index in [1.807, 2.05) is 0 Å². The Morgan fingerprint density at radius 1 is 1.70 bits per heavy atom. The highest BCUT2D eigenvalue weighted by molar-refractivity contribution is 5.99. The van der Waals surface area contributed by atoms with Crippen molar-refractivity contribution in [1.82, 2.24) is 5.32 Å². The van der Waals surface area contributed by atoms with E-state index in [0.717, 1.165) is 5.57 Å². The molecule has 0 fully saturated rings. The normalized spacial score (nSPS) is 13.0. The van der Waals surface area contributed by atoms with E-state index in [1.54, 1.807) is 20.2 Å². The van der Waals surface area contributed by atoms with Crippen LogP contribution in [0.1, 0.15) is 6.92 Å². The van der Waals surface area contributed by atoms with Gasteiger partial charge in [-0.2, -0.15) is 4.99 Å². The number of aliphatic imine (C=N–C) groups is 1. The maximum absolute atomic E-state index is 9.81. The lowest BCUT2D eigenvalue weighted by Gasteiger charge is -1.96. The summed E-state index contributed by atoms with van der Waals surface area (Å²) in [5.74, 6) is 0.240. The molecule has 0 heterocycles. The van der Waals surface area contributed by atoms with E-state index in [9.17, 15) is 4.79 Å². The SMILES string of the molecule is CN/C=C(/C)C(N)=NC=O. The number of amidine groups is 1. The van der Waals surface area contributed by atoms with Crippen LogP contribution in [0.15, 0.2) is 16.8 Å². The quantitative estimate of drug-likeness (QED) is 0.320. The lowest BCUT2D eigenvalue weighted by molar-refractivity contribution is -0.106. The lowest BCUT2D eigenvalue weighted by Crippen LogP contribution is -2.15. The maximum atomic E-state index is 9.81. The average molecular weight is 141 g/mol. The van der Waals surface area contributed by atoms with Gasteiger partial charge >= 0.3 is 0 Å². The second kappa shape index (κ2) is 4.55. The summed E-state index contributed by atoms with van der Waals surface area (Å²) in [6.45, 7) is 1.76. The van der Waals surface area contributed by atoms with Crippen LogP contribution in [0.3, 0.4) is 0 Å². The van der Waals surface area contributed by atoms with Gasteiger partial charge in [-0.3, -0.25) is 4.79 Å². The van der Waals surface area contributed by atoms with Gasteiger partial charge in [-0.1, -0.05) is 0 Å². The predicted molar refractivity (Wildman–Crippen MR) is 40.5 cm³/mol. The van der Waals surface area contributed by atoms with Gasteiger partial charge in [0, 0.05) is 18.8 Å². The van der Waals surface area contributed by atoms with Crippen LogP contribution in [0.4, 0.5) is 0 Å². The molecule has 0 bridgehead atoms. The number of nitrogens with one attached hydrogen (secondary N) is 1. The highest BCUT2D eigenvalue weighted by Gasteiger charge is 1.91. The van der Waals surface area contributed by atoms with Crippen molar-refractivity contribution in [2.75, 3.05) is 7.05 Å². The average Bonchev–Trinajstić information content (AvgIpc) is 1.89. The number of hydrogen-bond donors (Lipinski definition) is 2. The topological polar surface area (TPSA) is 67.5 Å². The van der Waals surface area contributed by atoms with Crippen LogP contribution in [0.25, 0.3) is 0 Å². The van der Waals surface area contributed by atoms with Crippen LogP contribution >= 0.6 is 0 Å². The fraction of sp³-hybridized carbons (Fsp3) is 0.333. The molecule has 0 atom stereocenters. The van der Waals surface area contributed by atoms with E-state index < -0.39 is 0 Å². The van der Waals surface area contributed by atoms with Crippen molar-refractivity contribution >= 4 is 12.2 Å². The number of hydrogen-bond acceptors (Lipinski definition) is 2. The highest BCUT2D eigenvalue weighted by Crippen LogP contribution is 1.87. The molecular formula is C6H11N3O. The van der Waals surface area contributed by atoms with Crippen molar-refractivity contribution in [3.8, 4) is 0 Å². The Hall–Kier alpha value is -1.32. The minimum Gasteiger partial charge on any atom is -0.394 e. The van der Waals surface area contributed by atoms with Crippen LogP contribution < -0.4 is 11.1 Å². The largest absolute Gasteiger partial charge is 0.394 e. The van der Waals surface area contributed by atoms with Crippen LogP contribution in [-0.2, 0) is 4.79 Å². The van der Waals surface area contributed by atoms with Gasteiger partial charge in [-0.25, -0.2) is 0 Å². The second-order valence-electron chi connectivity index (χ2n) is 1.74. The van der Waals surface area contributed by atoms with Crippen LogP contribution in [0, 0.1) is 0 Å². The first-order valence-electron chi connectivity index (χ1n) is 2.83. The Morgan fingerprint density at radius 3 is 2.70 bits per heavy atom. The molecule has 0 aromatic rings. The third-order valence-electron chi connectivity index (χ3n) is 0.957. The summed E-state index contributed by atoms with van der Waals surface area (Å²) in [5, 5.41) is 2.77. The zero-order valence-corrected chi connectivity index (χ0v) is 6.09. The van der Waals surface area contributed by atoms with Crippen LogP contribution in [0.2, 0.25) is 0 Å². The Kier molecular flexibility index (Phi) is 3.95. The highest BCUT2D eigenvalue weighted by atomic mass is 16.1. The van der Waals surface area contributed by atoms with Crippen molar-refractivity contribution in [2.24, 2.45) is 10.7 Å². The van der Waals surface area contributed by atoms with E-state index in [1.165, 1.54) is 0 Å². The van der Waals surface area contributed by atoms with Crippen molar-refractivity contribution in [3.05, 3.63) is 11.8 Å². The first-order valence-corrected chi connectivity index (χ1v) is 2.83. The molecule has 0 radical (unpaired) electrons. The second-order valence-corrected chi connectivity index (χ2v) is 1.74. The van der Waals surface area contributed by atoms with Crippen molar-refractivity contribution in [2.45, 2.75) is 6.92 Å². The number of nitrogens with two attached hydrogens (primary N) is 1. The first kappa shape index (κ1) is 8.68. The predicted octanol–water partition coefficient (Wildman–Crippen LogP) is -0.377. The summed E-state index contributed by atoms with van der Waals surface area (Å²) in [4.78, 5) is 13.2. The minimum atomic E-state index is 0.240. The summed E-state index contributed by atoms with van der Waals surface area (Å²) >= 11 is 0. The molecule has 0 unspecified atom stereocenters. The molecule has 56 valence electrons. The Labute approximate surface area is 59.8 Å². The molecule has 4 nitrogen and oxygen atoms in total. The molecule has 0 aromatic heterocycles. The molecule has 0 rings (SSSR count). The summed E-state index contributed by atoms with van der Waals surface area (Å²) in [6, 6.07) is 0. The third-order valence-corrected chi connectivity index (χ3v) is 0.957. The molecule has 0 aromatic carbocycles. The van der Waals surface area contributed by atoms with E-state index in [4.69, 9.17) is 5.73 Å². The Morgan fingerprint density at radius 2 is 2.30 bits per heavy atom. The Bertz CT molecular complexity index is 172. The minimum absolute atomic E-state index is 0.240. The van der Waals surface area contributed by atoms with Gasteiger partial charge in [0.1, 0.15) is 5.84 Å². The summed E-state index contributed by atoms with van der Waals surface area (Å²) in [6.07, 6.45) is 2.09. The molecule has 1 amide bonds. The lowest BCUT2D eigenvalue weighted by atomic mass is 10.3. The van der Waals surface area contributed by atoms with Gasteiger partial charge in [0.05, 0.1) is 0 Å². The zero-order valence-electron chi connectivity index (χ0n) is 6.09. The van der Waals surface area contributed by atoms with Gasteiger partial charge in [-0.15, -0.1) is 0 Å². The summed E-state index contributed by atoms with van der Waals surface area (Å²) in [5.41, 5.74) is 6.07. The van der Waals surface area contributed by atoms with Crippen molar-refractivity contribution < 1.29 is 4.79 Å². The summed E-state index contributed by atoms with van der Waals surface area (Å²) < 4.78 is 0. The molecule has 10 heavy (non-hydrogen) atoms. The van der Waals surface area contributed by atoms with Crippen LogP contribution in [0.5, 0.6) is 0 Å². The molecule has 0 saturated carbocycles. The smallest absolute Gasteiger partial charge is 0.234 e. The monoisotopic (exact) mass is 141 g/mol. The number of amides is 1. The van der Waals surface area contributed by atoms with E-state index in [0.29, 0.717) is 6.41 Å². The first-order chi connectivity index (χ1) is 4.72. The standard InChI is InChI=1S/C6H11N3O/c1-5(3-8-2)6(7)9-4-10/h3-4,8H,1-2H3,(H2,7,9,10)/b5-3-. The molecule has 0 saturated heterocycles. The number of carbonyl (C=O) groups excluding carboxylic acids is 1. The molecule has 3 N–H and O–H groups in total. The van der Waals surface area contributed by atoms with Gasteiger partial charge in [0.25, 0.3) is 0 Å². The molecule has 0 spiro atoms. The fourth-order valence-electron chi connectivity index (χ4n) is 0.449. The van der Waals surface area contributed by atoms with Crippen molar-refractivity contribution in [1.29, 1.82) is 0 Å². The van der Waals surface area contributed by atoms with Crippen molar-refractivity contribution in [3.63, 3.8) is 0 Å². The number of nitrogens with zero attached hydrogens (tertiary/aromatic N) is 1. The maximum Gasteiger partial charge on any atom is 0.234 e. The Balaban J connectivity index is 4.19. The molecular weight excluding hydrogens is 130 g/mol. The van der Waals surface area contributed by atoms with Gasteiger partial charge in [0.15, 0.2) is 0 Å².